The molecule has 0 radical (unpaired) electrons. The normalized spacial score (nSPS) is 10.7. The van der Waals surface area contributed by atoms with Crippen LogP contribution in [0.4, 0.5) is 4.39 Å². The summed E-state index contributed by atoms with van der Waals surface area (Å²) >= 11 is 1.62. The minimum Gasteiger partial charge on any atom is -0.360 e. The molecule has 1 aromatic carbocycles. The highest BCUT2D eigenvalue weighted by molar-refractivity contribution is 7.99. The molecule has 20 heavy (non-hydrogen) atoms. The van der Waals surface area contributed by atoms with E-state index in [0.717, 1.165) is 15.7 Å². The van der Waals surface area contributed by atoms with Gasteiger partial charge in [0.2, 0.25) is 5.82 Å². The zero-order valence-corrected chi connectivity index (χ0v) is 11.4. The second-order valence-electron chi connectivity index (χ2n) is 3.90. The molecule has 0 unspecified atom stereocenters. The maximum absolute atomic E-state index is 13.0. The van der Waals surface area contributed by atoms with Gasteiger partial charge < -0.3 is 4.74 Å². The van der Waals surface area contributed by atoms with Crippen LogP contribution in [0.2, 0.25) is 0 Å². The molecule has 0 atom stereocenters. The number of nitrogens with one attached hydrogen (secondary N) is 1. The van der Waals surface area contributed by atoms with Gasteiger partial charge >= 0.3 is 5.69 Å². The van der Waals surface area contributed by atoms with Crippen molar-refractivity contribution in [3.63, 3.8) is 0 Å². The van der Waals surface area contributed by atoms with E-state index in [2.05, 4.69) is 0 Å². The molecule has 5 nitrogen and oxygen atoms in total. The van der Waals surface area contributed by atoms with Crippen LogP contribution in [-0.2, 0) is 11.5 Å². The van der Waals surface area contributed by atoms with Crippen LogP contribution >= 0.6 is 11.8 Å². The van der Waals surface area contributed by atoms with Gasteiger partial charge in [-0.15, -0.1) is 11.8 Å². The van der Waals surface area contributed by atoms with Gasteiger partial charge in [-0.1, -0.05) is 18.2 Å². The van der Waals surface area contributed by atoms with Crippen molar-refractivity contribution in [2.24, 2.45) is 0 Å². The Morgan fingerprint density at radius 2 is 2.00 bits per heavy atom. The number of ether oxygens (including phenoxy) is 1. The van der Waals surface area contributed by atoms with E-state index in [1.807, 2.05) is 35.3 Å². The van der Waals surface area contributed by atoms with Crippen molar-refractivity contribution in [2.45, 2.75) is 11.6 Å². The highest BCUT2D eigenvalue weighted by atomic mass is 32.2. The molecule has 0 bridgehead atoms. The number of rotatable bonds is 6. The summed E-state index contributed by atoms with van der Waals surface area (Å²) in [4.78, 5) is 25.2. The van der Waals surface area contributed by atoms with E-state index in [4.69, 9.17) is 4.74 Å². The first kappa shape index (κ1) is 14.5. The van der Waals surface area contributed by atoms with Crippen LogP contribution in [0.1, 0.15) is 0 Å². The summed E-state index contributed by atoms with van der Waals surface area (Å²) in [5, 5.41) is 0. The summed E-state index contributed by atoms with van der Waals surface area (Å²) in [6.07, 6.45) is 0.839. The lowest BCUT2D eigenvalue weighted by Gasteiger charge is -2.06. The third kappa shape index (κ3) is 4.07. The van der Waals surface area contributed by atoms with Gasteiger partial charge in [0.15, 0.2) is 0 Å². The Kier molecular flexibility index (Phi) is 5.14. The molecule has 106 valence electrons. The van der Waals surface area contributed by atoms with Crippen LogP contribution in [0.25, 0.3) is 0 Å². The maximum atomic E-state index is 13.0. The monoisotopic (exact) mass is 296 g/mol. The standard InChI is InChI=1S/C13H13FN2O3S/c14-11-8-16(13(18)15-12(11)17)9-19-6-7-20-10-4-2-1-3-5-10/h1-5,8H,6-7,9H2,(H,15,17,18). The molecule has 0 fully saturated rings. The maximum Gasteiger partial charge on any atom is 0.330 e. The molecular weight excluding hydrogens is 283 g/mol. The zero-order chi connectivity index (χ0) is 14.4. The van der Waals surface area contributed by atoms with Gasteiger partial charge in [0, 0.05) is 10.6 Å². The van der Waals surface area contributed by atoms with Gasteiger partial charge in [0.25, 0.3) is 5.56 Å². The summed E-state index contributed by atoms with van der Waals surface area (Å²) in [6, 6.07) is 9.83. The fraction of sp³-hybridized carbons (Fsp3) is 0.231. The third-order valence-electron chi connectivity index (χ3n) is 2.44. The number of halogens is 1. The van der Waals surface area contributed by atoms with Crippen molar-refractivity contribution in [2.75, 3.05) is 12.4 Å². The van der Waals surface area contributed by atoms with Crippen LogP contribution < -0.4 is 11.2 Å². The topological polar surface area (TPSA) is 64.1 Å². The zero-order valence-electron chi connectivity index (χ0n) is 10.5. The van der Waals surface area contributed by atoms with Crippen molar-refractivity contribution >= 4 is 11.8 Å². The molecule has 0 aliphatic carbocycles. The van der Waals surface area contributed by atoms with Gasteiger partial charge in [-0.05, 0) is 12.1 Å². The average Bonchev–Trinajstić information content (AvgIpc) is 2.45. The largest absolute Gasteiger partial charge is 0.360 e. The summed E-state index contributed by atoms with van der Waals surface area (Å²) in [5.74, 6) is -0.295. The first-order chi connectivity index (χ1) is 9.66. The number of hydrogen-bond acceptors (Lipinski definition) is 4. The van der Waals surface area contributed by atoms with Gasteiger partial charge in [-0.3, -0.25) is 14.3 Å². The third-order valence-corrected chi connectivity index (χ3v) is 3.41. The first-order valence-corrected chi connectivity index (χ1v) is 6.90. The minimum atomic E-state index is -1.02. The molecule has 0 aliphatic rings. The SMILES string of the molecule is O=c1[nH]c(=O)n(COCCSc2ccccc2)cc1F. The average molecular weight is 296 g/mol. The molecule has 1 N–H and O–H groups in total. The minimum absolute atomic E-state index is 0.0954. The molecule has 0 saturated heterocycles. The van der Waals surface area contributed by atoms with Crippen molar-refractivity contribution in [1.82, 2.24) is 9.55 Å². The van der Waals surface area contributed by atoms with Crippen LogP contribution in [0.3, 0.4) is 0 Å². The Labute approximate surface area is 118 Å². The number of hydrogen-bond donors (Lipinski definition) is 1. The second kappa shape index (κ2) is 7.06. The Morgan fingerprint density at radius 3 is 2.75 bits per heavy atom. The Hall–Kier alpha value is -1.86. The van der Waals surface area contributed by atoms with Gasteiger partial charge in [0.1, 0.15) is 6.73 Å². The predicted molar refractivity (Wildman–Crippen MR) is 74.4 cm³/mol. The fourth-order valence-electron chi connectivity index (χ4n) is 1.48. The van der Waals surface area contributed by atoms with Crippen molar-refractivity contribution in [1.29, 1.82) is 0 Å². The highest BCUT2D eigenvalue weighted by Gasteiger charge is 2.03. The van der Waals surface area contributed by atoms with Crippen LogP contribution in [0, 0.1) is 5.82 Å². The molecule has 1 heterocycles. The quantitative estimate of drug-likeness (QED) is 0.647. The Bertz CT molecular complexity index is 669. The Morgan fingerprint density at radius 1 is 1.25 bits per heavy atom. The van der Waals surface area contributed by atoms with Gasteiger partial charge in [-0.25, -0.2) is 4.79 Å². The number of benzene rings is 1. The number of thioether (sulfide) groups is 1. The fourth-order valence-corrected chi connectivity index (χ4v) is 2.26. The van der Waals surface area contributed by atoms with Crippen molar-refractivity contribution in [3.05, 3.63) is 63.2 Å². The predicted octanol–water partition coefficient (Wildman–Crippen LogP) is 1.44. The van der Waals surface area contributed by atoms with E-state index in [1.165, 1.54) is 0 Å². The summed E-state index contributed by atoms with van der Waals surface area (Å²) in [7, 11) is 0. The molecule has 0 aliphatic heterocycles. The highest BCUT2D eigenvalue weighted by Crippen LogP contribution is 2.16. The summed E-state index contributed by atoms with van der Waals surface area (Å²) < 4.78 is 19.2. The number of H-pyrrole nitrogens is 1. The molecule has 7 heteroatoms. The molecule has 0 amide bonds. The number of aromatic amines is 1. The number of aromatic nitrogens is 2. The van der Waals surface area contributed by atoms with E-state index < -0.39 is 17.1 Å². The van der Waals surface area contributed by atoms with E-state index in [-0.39, 0.29) is 6.73 Å². The summed E-state index contributed by atoms with van der Waals surface area (Å²) in [5.41, 5.74) is -1.71. The van der Waals surface area contributed by atoms with E-state index in [1.54, 1.807) is 11.8 Å². The smallest absolute Gasteiger partial charge is 0.330 e. The summed E-state index contributed by atoms with van der Waals surface area (Å²) in [6.45, 7) is 0.314. The van der Waals surface area contributed by atoms with E-state index in [9.17, 15) is 14.0 Å². The number of nitrogens with zero attached hydrogens (tertiary/aromatic N) is 1. The molecule has 0 spiro atoms. The van der Waals surface area contributed by atoms with Gasteiger partial charge in [0.05, 0.1) is 12.8 Å². The second-order valence-corrected chi connectivity index (χ2v) is 5.07. The lowest BCUT2D eigenvalue weighted by molar-refractivity contribution is 0.0854. The van der Waals surface area contributed by atoms with Gasteiger partial charge in [-0.2, -0.15) is 4.39 Å². The van der Waals surface area contributed by atoms with Crippen LogP contribution in [-0.4, -0.2) is 21.9 Å². The van der Waals surface area contributed by atoms with Crippen LogP contribution in [0.15, 0.2) is 51.0 Å². The molecule has 1 aromatic heterocycles. The molecule has 2 rings (SSSR count). The van der Waals surface area contributed by atoms with E-state index in [0.29, 0.717) is 12.4 Å². The lowest BCUT2D eigenvalue weighted by Crippen LogP contribution is -2.32. The first-order valence-electron chi connectivity index (χ1n) is 5.91. The molecule has 2 aromatic rings. The van der Waals surface area contributed by atoms with Crippen molar-refractivity contribution in [3.8, 4) is 0 Å². The molecular formula is C13H13FN2O3S. The Balaban J connectivity index is 1.78. The lowest BCUT2D eigenvalue weighted by atomic mass is 10.4. The van der Waals surface area contributed by atoms with E-state index >= 15 is 0 Å². The van der Waals surface area contributed by atoms with Crippen LogP contribution in [0.5, 0.6) is 0 Å². The molecule has 0 saturated carbocycles. The van der Waals surface area contributed by atoms with Crippen molar-refractivity contribution < 1.29 is 9.13 Å².